The van der Waals surface area contributed by atoms with E-state index in [-0.39, 0.29) is 14.6 Å². The second kappa shape index (κ2) is 10.4. The van der Waals surface area contributed by atoms with Crippen molar-refractivity contribution in [2.45, 2.75) is 20.0 Å². The summed E-state index contributed by atoms with van der Waals surface area (Å²) >= 11 is 0. The summed E-state index contributed by atoms with van der Waals surface area (Å²) in [4.78, 5) is 22.3. The Morgan fingerprint density at radius 1 is 1.27 bits per heavy atom. The topological polar surface area (TPSA) is 73.9 Å². The number of hydrogen-bond donors (Lipinski definition) is 1. The number of hydrogen-bond acceptors (Lipinski definition) is 5. The summed E-state index contributed by atoms with van der Waals surface area (Å²) < 4.78 is 15.2. The predicted molar refractivity (Wildman–Crippen MR) is 83.7 cm³/mol. The zero-order valence-corrected chi connectivity index (χ0v) is 12.7. The second-order valence-electron chi connectivity index (χ2n) is 4.38. The summed E-state index contributed by atoms with van der Waals surface area (Å²) in [7, 11) is 0. The maximum absolute atomic E-state index is 11.5. The molecular weight excluding hydrogens is 286 g/mol. The first-order valence-corrected chi connectivity index (χ1v) is 7.07. The smallest absolute Gasteiger partial charge is 0.412 e. The molecule has 6 nitrogen and oxygen atoms in total. The van der Waals surface area contributed by atoms with Gasteiger partial charge in [0.2, 0.25) is 0 Å². The summed E-state index contributed by atoms with van der Waals surface area (Å²) in [5, 5.41) is 2.47. The van der Waals surface area contributed by atoms with Gasteiger partial charge in [-0.2, -0.15) is 0 Å². The molecule has 122 valence electrons. The van der Waals surface area contributed by atoms with Crippen LogP contribution in [0, 0.1) is 0 Å². The van der Waals surface area contributed by atoms with Crippen LogP contribution in [0.25, 0.3) is 0 Å². The number of benzene rings is 1. The third kappa shape index (κ3) is 7.44. The summed E-state index contributed by atoms with van der Waals surface area (Å²) in [6.07, 6.45) is 1.43. The Labute approximate surface area is 131 Å². The molecule has 0 saturated carbocycles. The van der Waals surface area contributed by atoms with Crippen molar-refractivity contribution < 1.29 is 25.2 Å². The van der Waals surface area contributed by atoms with Crippen LogP contribution in [0.5, 0.6) is 5.75 Å². The Morgan fingerprint density at radius 3 is 2.64 bits per heavy atom. The van der Waals surface area contributed by atoms with E-state index in [1.807, 2.05) is 19.1 Å². The zero-order chi connectivity index (χ0) is 16.2. The van der Waals surface area contributed by atoms with Crippen molar-refractivity contribution in [1.29, 1.82) is 0 Å². The molecule has 0 aliphatic rings. The Bertz CT molecular complexity index is 490. The van der Waals surface area contributed by atoms with Crippen LogP contribution in [0.3, 0.4) is 0 Å². The van der Waals surface area contributed by atoms with Crippen molar-refractivity contribution >= 4 is 12.1 Å². The Kier molecular flexibility index (Phi) is 8.37. The SMILES string of the molecule is C=CC(=O)OCCNC(=O)Oc1ccc(COCCC)cc1.[HH]. The third-order valence-electron chi connectivity index (χ3n) is 2.53. The molecule has 0 bridgehead atoms. The van der Waals surface area contributed by atoms with Crippen LogP contribution < -0.4 is 10.1 Å². The number of rotatable bonds is 9. The Balaban J connectivity index is 0.00000484. The number of carbonyl (C=O) groups is 2. The van der Waals surface area contributed by atoms with Gasteiger partial charge in [-0.1, -0.05) is 25.6 Å². The van der Waals surface area contributed by atoms with E-state index in [1.54, 1.807) is 12.1 Å². The molecule has 0 atom stereocenters. The zero-order valence-electron chi connectivity index (χ0n) is 12.7. The lowest BCUT2D eigenvalue weighted by molar-refractivity contribution is -0.137. The molecule has 1 aromatic carbocycles. The van der Waals surface area contributed by atoms with Gasteiger partial charge in [-0.3, -0.25) is 0 Å². The third-order valence-corrected chi connectivity index (χ3v) is 2.53. The summed E-state index contributed by atoms with van der Waals surface area (Å²) in [5.41, 5.74) is 1.01. The van der Waals surface area contributed by atoms with Gasteiger partial charge in [-0.15, -0.1) is 0 Å². The standard InChI is InChI=1S/C16H21NO5.H2/c1-3-10-20-12-13-5-7-14(8-6-13)22-16(19)17-9-11-21-15(18)4-2;/h4-8H,2-3,9-12H2,1H3,(H,17,19);1H. The van der Waals surface area contributed by atoms with Gasteiger partial charge >= 0.3 is 12.1 Å². The van der Waals surface area contributed by atoms with E-state index in [0.29, 0.717) is 12.4 Å². The van der Waals surface area contributed by atoms with Crippen molar-refractivity contribution in [3.8, 4) is 5.75 Å². The van der Waals surface area contributed by atoms with Crippen LogP contribution in [0.2, 0.25) is 0 Å². The van der Waals surface area contributed by atoms with Gasteiger partial charge in [0.05, 0.1) is 13.2 Å². The number of carbonyl (C=O) groups excluding carboxylic acids is 2. The van der Waals surface area contributed by atoms with Crippen molar-refractivity contribution in [2.24, 2.45) is 0 Å². The fraction of sp³-hybridized carbons (Fsp3) is 0.375. The molecule has 0 saturated heterocycles. The Hall–Kier alpha value is -2.34. The maximum Gasteiger partial charge on any atom is 0.412 e. The quantitative estimate of drug-likeness (QED) is 0.431. The van der Waals surface area contributed by atoms with Crippen LogP contribution in [-0.4, -0.2) is 31.8 Å². The average molecular weight is 309 g/mol. The van der Waals surface area contributed by atoms with E-state index in [0.717, 1.165) is 24.7 Å². The highest BCUT2D eigenvalue weighted by atomic mass is 16.6. The highest BCUT2D eigenvalue weighted by Gasteiger charge is 2.04. The lowest BCUT2D eigenvalue weighted by Crippen LogP contribution is -2.30. The van der Waals surface area contributed by atoms with Gasteiger partial charge in [-0.25, -0.2) is 9.59 Å². The Morgan fingerprint density at radius 2 is 2.00 bits per heavy atom. The fourth-order valence-electron chi connectivity index (χ4n) is 1.49. The van der Waals surface area contributed by atoms with E-state index in [4.69, 9.17) is 14.2 Å². The van der Waals surface area contributed by atoms with Crippen molar-refractivity contribution in [1.82, 2.24) is 5.32 Å². The number of nitrogens with one attached hydrogen (secondary N) is 1. The van der Waals surface area contributed by atoms with E-state index in [9.17, 15) is 9.59 Å². The second-order valence-corrected chi connectivity index (χ2v) is 4.38. The minimum absolute atomic E-state index is 0. The first-order valence-electron chi connectivity index (χ1n) is 7.07. The molecule has 6 heteroatoms. The molecule has 0 unspecified atom stereocenters. The van der Waals surface area contributed by atoms with Gasteiger partial charge in [0.1, 0.15) is 12.4 Å². The fourth-order valence-corrected chi connectivity index (χ4v) is 1.49. The summed E-state index contributed by atoms with van der Waals surface area (Å²) in [6, 6.07) is 7.07. The van der Waals surface area contributed by atoms with E-state index in [2.05, 4.69) is 11.9 Å². The molecule has 0 radical (unpaired) electrons. The highest BCUT2D eigenvalue weighted by molar-refractivity contribution is 5.81. The monoisotopic (exact) mass is 309 g/mol. The molecule has 0 aromatic heterocycles. The lowest BCUT2D eigenvalue weighted by atomic mass is 10.2. The van der Waals surface area contributed by atoms with E-state index in [1.165, 1.54) is 0 Å². The largest absolute Gasteiger partial charge is 0.461 e. The van der Waals surface area contributed by atoms with Gasteiger partial charge < -0.3 is 19.5 Å². The van der Waals surface area contributed by atoms with Gasteiger partial charge in [0, 0.05) is 14.1 Å². The van der Waals surface area contributed by atoms with Crippen LogP contribution >= 0.6 is 0 Å². The minimum atomic E-state index is -0.607. The van der Waals surface area contributed by atoms with Crippen molar-refractivity contribution in [3.05, 3.63) is 42.5 Å². The molecule has 0 fully saturated rings. The van der Waals surface area contributed by atoms with Crippen LogP contribution in [-0.2, 0) is 20.9 Å². The molecule has 1 amide bonds. The van der Waals surface area contributed by atoms with Gasteiger partial charge in [0.15, 0.2) is 0 Å². The van der Waals surface area contributed by atoms with Gasteiger partial charge in [-0.05, 0) is 24.1 Å². The number of ether oxygens (including phenoxy) is 3. The molecule has 1 N–H and O–H groups in total. The molecule has 22 heavy (non-hydrogen) atoms. The van der Waals surface area contributed by atoms with E-state index >= 15 is 0 Å². The molecule has 0 heterocycles. The van der Waals surface area contributed by atoms with Crippen LogP contribution in [0.15, 0.2) is 36.9 Å². The molecule has 0 aliphatic carbocycles. The number of esters is 1. The van der Waals surface area contributed by atoms with E-state index < -0.39 is 12.1 Å². The summed E-state index contributed by atoms with van der Waals surface area (Å²) in [6.45, 7) is 6.80. The van der Waals surface area contributed by atoms with Gasteiger partial charge in [0.25, 0.3) is 0 Å². The first kappa shape index (κ1) is 17.7. The lowest BCUT2D eigenvalue weighted by Gasteiger charge is -2.08. The normalized spacial score (nSPS) is 9.86. The number of amides is 1. The van der Waals surface area contributed by atoms with Crippen LogP contribution in [0.4, 0.5) is 4.79 Å². The minimum Gasteiger partial charge on any atom is -0.461 e. The molecular formula is C16H23NO5. The molecule has 1 aromatic rings. The average Bonchev–Trinajstić information content (AvgIpc) is 2.53. The van der Waals surface area contributed by atoms with Crippen molar-refractivity contribution in [2.75, 3.05) is 19.8 Å². The summed E-state index contributed by atoms with van der Waals surface area (Å²) in [5.74, 6) is -0.101. The van der Waals surface area contributed by atoms with Crippen LogP contribution in [0.1, 0.15) is 20.3 Å². The predicted octanol–water partition coefficient (Wildman–Crippen LogP) is 2.68. The molecule has 0 aliphatic heterocycles. The first-order chi connectivity index (χ1) is 10.7. The molecule has 0 spiro atoms. The van der Waals surface area contributed by atoms with Crippen molar-refractivity contribution in [3.63, 3.8) is 0 Å². The maximum atomic E-state index is 11.5. The molecule has 1 rings (SSSR count). The highest BCUT2D eigenvalue weighted by Crippen LogP contribution is 2.13.